The molecule has 0 saturated heterocycles. The highest BCUT2D eigenvalue weighted by Gasteiger charge is 2.37. The van der Waals surface area contributed by atoms with Gasteiger partial charge >= 0.3 is 0 Å². The number of rotatable bonds is 7. The molecule has 3 unspecified atom stereocenters. The lowest BCUT2D eigenvalue weighted by atomic mass is 10.1. The van der Waals surface area contributed by atoms with Gasteiger partial charge in [0.2, 0.25) is 0 Å². The summed E-state index contributed by atoms with van der Waals surface area (Å²) in [6.45, 7) is 7.62. The van der Waals surface area contributed by atoms with Crippen molar-refractivity contribution in [2.24, 2.45) is 11.8 Å². The van der Waals surface area contributed by atoms with Crippen LogP contribution in [0.3, 0.4) is 0 Å². The maximum atomic E-state index is 5.23. The SMILES string of the molecule is CCCC1CC1NC(COC)C(C)C. The van der Waals surface area contributed by atoms with Gasteiger partial charge in [-0.25, -0.2) is 0 Å². The number of methoxy groups -OCH3 is 1. The molecule has 3 atom stereocenters. The zero-order valence-corrected chi connectivity index (χ0v) is 10.0. The molecule has 0 radical (unpaired) electrons. The van der Waals surface area contributed by atoms with E-state index >= 15 is 0 Å². The molecule has 1 rings (SSSR count). The quantitative estimate of drug-likeness (QED) is 0.680. The summed E-state index contributed by atoms with van der Waals surface area (Å²) in [5, 5.41) is 3.70. The molecule has 0 spiro atoms. The topological polar surface area (TPSA) is 21.3 Å². The molecule has 0 bridgehead atoms. The van der Waals surface area contributed by atoms with E-state index in [1.807, 2.05) is 0 Å². The first-order valence-electron chi connectivity index (χ1n) is 5.94. The van der Waals surface area contributed by atoms with Crippen LogP contribution in [0.1, 0.15) is 40.0 Å². The third-order valence-electron chi connectivity index (χ3n) is 3.16. The van der Waals surface area contributed by atoms with Gasteiger partial charge in [-0.2, -0.15) is 0 Å². The van der Waals surface area contributed by atoms with Crippen molar-refractivity contribution in [1.82, 2.24) is 5.32 Å². The van der Waals surface area contributed by atoms with Gasteiger partial charge in [-0.15, -0.1) is 0 Å². The number of nitrogens with one attached hydrogen (secondary N) is 1. The second-order valence-electron chi connectivity index (χ2n) is 4.86. The Kier molecular flexibility index (Phi) is 4.90. The van der Waals surface area contributed by atoms with Crippen LogP contribution >= 0.6 is 0 Å². The zero-order valence-electron chi connectivity index (χ0n) is 10.0. The Labute approximate surface area is 88.4 Å². The van der Waals surface area contributed by atoms with Crippen molar-refractivity contribution >= 4 is 0 Å². The van der Waals surface area contributed by atoms with Crippen molar-refractivity contribution in [3.05, 3.63) is 0 Å². The molecule has 84 valence electrons. The molecule has 1 aliphatic carbocycles. The van der Waals surface area contributed by atoms with Crippen LogP contribution in [0.4, 0.5) is 0 Å². The summed E-state index contributed by atoms with van der Waals surface area (Å²) in [5.74, 6) is 1.61. The highest BCUT2D eigenvalue weighted by molar-refractivity contribution is 4.95. The Bertz CT molecular complexity index is 158. The summed E-state index contributed by atoms with van der Waals surface area (Å²) in [4.78, 5) is 0. The fourth-order valence-electron chi connectivity index (χ4n) is 2.03. The van der Waals surface area contributed by atoms with Gasteiger partial charge in [0, 0.05) is 19.2 Å². The molecule has 14 heavy (non-hydrogen) atoms. The van der Waals surface area contributed by atoms with Gasteiger partial charge in [-0.1, -0.05) is 27.2 Å². The molecule has 1 aliphatic rings. The fraction of sp³-hybridized carbons (Fsp3) is 1.00. The van der Waals surface area contributed by atoms with Gasteiger partial charge in [0.25, 0.3) is 0 Å². The van der Waals surface area contributed by atoms with Crippen LogP contribution < -0.4 is 5.32 Å². The van der Waals surface area contributed by atoms with Crippen molar-refractivity contribution in [2.75, 3.05) is 13.7 Å². The van der Waals surface area contributed by atoms with Crippen LogP contribution in [0.25, 0.3) is 0 Å². The minimum Gasteiger partial charge on any atom is -0.383 e. The summed E-state index contributed by atoms with van der Waals surface area (Å²) in [5.41, 5.74) is 0. The molecular weight excluding hydrogens is 174 g/mol. The molecule has 0 aliphatic heterocycles. The summed E-state index contributed by atoms with van der Waals surface area (Å²) in [7, 11) is 1.79. The molecule has 0 aromatic rings. The highest BCUT2D eigenvalue weighted by Crippen LogP contribution is 2.35. The van der Waals surface area contributed by atoms with E-state index in [2.05, 4.69) is 26.1 Å². The zero-order chi connectivity index (χ0) is 10.6. The fourth-order valence-corrected chi connectivity index (χ4v) is 2.03. The molecule has 0 amide bonds. The van der Waals surface area contributed by atoms with Crippen molar-refractivity contribution in [3.63, 3.8) is 0 Å². The molecule has 2 heteroatoms. The van der Waals surface area contributed by atoms with Gasteiger partial charge in [-0.05, 0) is 24.7 Å². The molecule has 1 saturated carbocycles. The van der Waals surface area contributed by atoms with E-state index in [1.165, 1.54) is 19.3 Å². The summed E-state index contributed by atoms with van der Waals surface area (Å²) in [6.07, 6.45) is 4.08. The minimum atomic E-state index is 0.534. The lowest BCUT2D eigenvalue weighted by Crippen LogP contribution is -2.39. The Hall–Kier alpha value is -0.0800. The summed E-state index contributed by atoms with van der Waals surface area (Å²) < 4.78 is 5.23. The van der Waals surface area contributed by atoms with Crippen LogP contribution in [-0.2, 0) is 4.74 Å². The van der Waals surface area contributed by atoms with Gasteiger partial charge in [0.05, 0.1) is 6.61 Å². The Morgan fingerprint density at radius 2 is 2.14 bits per heavy atom. The van der Waals surface area contributed by atoms with Crippen molar-refractivity contribution in [2.45, 2.75) is 52.1 Å². The first-order valence-corrected chi connectivity index (χ1v) is 5.94. The van der Waals surface area contributed by atoms with Crippen molar-refractivity contribution in [3.8, 4) is 0 Å². The summed E-state index contributed by atoms with van der Waals surface area (Å²) >= 11 is 0. The van der Waals surface area contributed by atoms with Gasteiger partial charge in [-0.3, -0.25) is 0 Å². The predicted octanol–water partition coefficient (Wildman–Crippen LogP) is 2.44. The normalized spacial score (nSPS) is 28.1. The van der Waals surface area contributed by atoms with E-state index in [1.54, 1.807) is 7.11 Å². The van der Waals surface area contributed by atoms with Crippen molar-refractivity contribution < 1.29 is 4.74 Å². The molecule has 0 heterocycles. The number of hydrogen-bond donors (Lipinski definition) is 1. The average molecular weight is 199 g/mol. The van der Waals surface area contributed by atoms with Gasteiger partial charge < -0.3 is 10.1 Å². The van der Waals surface area contributed by atoms with Gasteiger partial charge in [0.1, 0.15) is 0 Å². The number of ether oxygens (including phenoxy) is 1. The molecule has 2 nitrogen and oxygen atoms in total. The lowest BCUT2D eigenvalue weighted by Gasteiger charge is -2.21. The Morgan fingerprint density at radius 3 is 2.64 bits per heavy atom. The first kappa shape index (κ1) is 12.0. The van der Waals surface area contributed by atoms with Gasteiger partial charge in [0.15, 0.2) is 0 Å². The number of hydrogen-bond acceptors (Lipinski definition) is 2. The monoisotopic (exact) mass is 199 g/mol. The maximum absolute atomic E-state index is 5.23. The van der Waals surface area contributed by atoms with Crippen LogP contribution in [0.15, 0.2) is 0 Å². The summed E-state index contributed by atoms with van der Waals surface area (Å²) in [6, 6.07) is 1.31. The largest absolute Gasteiger partial charge is 0.383 e. The minimum absolute atomic E-state index is 0.534. The Balaban J connectivity index is 2.21. The average Bonchev–Trinajstić information content (AvgIpc) is 2.83. The second-order valence-corrected chi connectivity index (χ2v) is 4.86. The molecule has 1 fully saturated rings. The van der Waals surface area contributed by atoms with Crippen LogP contribution in [0.2, 0.25) is 0 Å². The molecular formula is C12H25NO. The standard InChI is InChI=1S/C12H25NO/c1-5-6-10-7-11(10)13-12(8-14-4)9(2)3/h9-13H,5-8H2,1-4H3. The third kappa shape index (κ3) is 3.58. The van der Waals surface area contributed by atoms with Crippen LogP contribution in [-0.4, -0.2) is 25.8 Å². The van der Waals surface area contributed by atoms with Crippen LogP contribution in [0, 0.1) is 11.8 Å². The van der Waals surface area contributed by atoms with E-state index < -0.39 is 0 Å². The smallest absolute Gasteiger partial charge is 0.0618 e. The first-order chi connectivity index (χ1) is 6.69. The van der Waals surface area contributed by atoms with E-state index in [4.69, 9.17) is 4.74 Å². The molecule has 0 aromatic heterocycles. The Morgan fingerprint density at radius 1 is 1.43 bits per heavy atom. The molecule has 0 aromatic carbocycles. The van der Waals surface area contributed by atoms with E-state index in [0.717, 1.165) is 18.6 Å². The van der Waals surface area contributed by atoms with E-state index in [9.17, 15) is 0 Å². The maximum Gasteiger partial charge on any atom is 0.0618 e. The van der Waals surface area contributed by atoms with Crippen molar-refractivity contribution in [1.29, 1.82) is 0 Å². The predicted molar refractivity (Wildman–Crippen MR) is 60.4 cm³/mol. The lowest BCUT2D eigenvalue weighted by molar-refractivity contribution is 0.145. The van der Waals surface area contributed by atoms with E-state index in [-0.39, 0.29) is 0 Å². The third-order valence-corrected chi connectivity index (χ3v) is 3.16. The van der Waals surface area contributed by atoms with Crippen LogP contribution in [0.5, 0.6) is 0 Å². The highest BCUT2D eigenvalue weighted by atomic mass is 16.5. The van der Waals surface area contributed by atoms with E-state index in [0.29, 0.717) is 12.0 Å². The molecule has 1 N–H and O–H groups in total. The second kappa shape index (κ2) is 5.72.